The summed E-state index contributed by atoms with van der Waals surface area (Å²) in [6.45, 7) is 2.31. The summed E-state index contributed by atoms with van der Waals surface area (Å²) in [5.74, 6) is 2.59. The molecule has 0 unspecified atom stereocenters. The van der Waals surface area contributed by atoms with Gasteiger partial charge in [0.1, 0.15) is 0 Å². The molecule has 2 aliphatic carbocycles. The van der Waals surface area contributed by atoms with Crippen molar-refractivity contribution in [2.24, 2.45) is 11.8 Å². The number of rotatable bonds is 1. The Labute approximate surface area is 98.4 Å². The third-order valence-electron chi connectivity index (χ3n) is 4.41. The number of fused-ring (bicyclic) bond motifs is 1. The molecule has 2 aliphatic rings. The highest BCUT2D eigenvalue weighted by Crippen LogP contribution is 2.48. The van der Waals surface area contributed by atoms with Gasteiger partial charge in [-0.25, -0.2) is 0 Å². The van der Waals surface area contributed by atoms with Crippen LogP contribution in [0.5, 0.6) is 0 Å². The van der Waals surface area contributed by atoms with E-state index in [0.717, 1.165) is 17.8 Å². The Morgan fingerprint density at radius 1 is 1.06 bits per heavy atom. The largest absolute Gasteiger partial charge is 0.0822 e. The Morgan fingerprint density at radius 3 is 2.69 bits per heavy atom. The predicted octanol–water partition coefficient (Wildman–Crippen LogP) is 4.54. The Kier molecular flexibility index (Phi) is 2.59. The summed E-state index contributed by atoms with van der Waals surface area (Å²) < 4.78 is 0. The van der Waals surface area contributed by atoms with Gasteiger partial charge in [0, 0.05) is 0 Å². The second kappa shape index (κ2) is 4.08. The molecule has 16 heavy (non-hydrogen) atoms. The summed E-state index contributed by atoms with van der Waals surface area (Å²) in [7, 11) is 0. The van der Waals surface area contributed by atoms with E-state index in [1.54, 1.807) is 11.1 Å². The lowest BCUT2D eigenvalue weighted by Crippen LogP contribution is -2.21. The second-order valence-electron chi connectivity index (χ2n) is 5.49. The Bertz CT molecular complexity index is 388. The first kappa shape index (κ1) is 10.1. The van der Waals surface area contributed by atoms with Gasteiger partial charge in [-0.05, 0) is 49.5 Å². The number of benzene rings is 1. The molecule has 0 radical (unpaired) electrons. The van der Waals surface area contributed by atoms with Gasteiger partial charge in [0.05, 0.1) is 0 Å². The first-order chi connectivity index (χ1) is 7.84. The smallest absolute Gasteiger partial charge is 0.00909 e. The van der Waals surface area contributed by atoms with E-state index in [-0.39, 0.29) is 0 Å². The van der Waals surface area contributed by atoms with E-state index >= 15 is 0 Å². The molecule has 1 aromatic rings. The molecule has 0 aliphatic heterocycles. The minimum Gasteiger partial charge on any atom is -0.0822 e. The molecular formula is C16H20. The maximum Gasteiger partial charge on any atom is -0.00909 e. The molecule has 0 aromatic heterocycles. The molecule has 0 N–H and O–H groups in total. The van der Waals surface area contributed by atoms with Gasteiger partial charge in [0.25, 0.3) is 0 Å². The van der Waals surface area contributed by atoms with Crippen LogP contribution >= 0.6 is 0 Å². The van der Waals surface area contributed by atoms with Gasteiger partial charge in [-0.2, -0.15) is 0 Å². The molecule has 0 saturated heterocycles. The van der Waals surface area contributed by atoms with Crippen LogP contribution in [-0.4, -0.2) is 0 Å². The zero-order valence-corrected chi connectivity index (χ0v) is 10.0. The van der Waals surface area contributed by atoms with Gasteiger partial charge in [-0.1, -0.05) is 48.4 Å². The van der Waals surface area contributed by atoms with Gasteiger partial charge in [-0.3, -0.25) is 0 Å². The van der Waals surface area contributed by atoms with Crippen molar-refractivity contribution >= 4 is 0 Å². The summed E-state index contributed by atoms with van der Waals surface area (Å²) in [5.41, 5.74) is 3.17. The Balaban J connectivity index is 1.93. The van der Waals surface area contributed by atoms with Crippen molar-refractivity contribution in [1.82, 2.24) is 0 Å². The molecule has 3 atom stereocenters. The molecule has 84 valence electrons. The average Bonchev–Trinajstić information content (AvgIpc) is 2.77. The van der Waals surface area contributed by atoms with Crippen molar-refractivity contribution in [3.05, 3.63) is 47.5 Å². The maximum atomic E-state index is 2.55. The SMILES string of the molecule is CC1=C[C@@H]2CCC[C@@H]2[C@@H](c2ccccc2)C1. The average molecular weight is 212 g/mol. The monoisotopic (exact) mass is 212 g/mol. The van der Waals surface area contributed by atoms with Crippen LogP contribution in [0.15, 0.2) is 42.0 Å². The third kappa shape index (κ3) is 1.71. The maximum absolute atomic E-state index is 2.55. The van der Waals surface area contributed by atoms with Crippen LogP contribution in [-0.2, 0) is 0 Å². The molecule has 1 aromatic carbocycles. The topological polar surface area (TPSA) is 0 Å². The lowest BCUT2D eigenvalue weighted by molar-refractivity contribution is 0.348. The quantitative estimate of drug-likeness (QED) is 0.600. The fourth-order valence-electron chi connectivity index (χ4n) is 3.72. The van der Waals surface area contributed by atoms with Gasteiger partial charge in [0.15, 0.2) is 0 Å². The van der Waals surface area contributed by atoms with E-state index in [4.69, 9.17) is 0 Å². The molecule has 0 bridgehead atoms. The van der Waals surface area contributed by atoms with Crippen molar-refractivity contribution in [3.8, 4) is 0 Å². The molecular weight excluding hydrogens is 192 g/mol. The molecule has 0 amide bonds. The van der Waals surface area contributed by atoms with Crippen molar-refractivity contribution in [3.63, 3.8) is 0 Å². The van der Waals surface area contributed by atoms with E-state index in [2.05, 4.69) is 43.3 Å². The molecule has 0 spiro atoms. The highest BCUT2D eigenvalue weighted by Gasteiger charge is 2.35. The van der Waals surface area contributed by atoms with Crippen LogP contribution in [0.25, 0.3) is 0 Å². The third-order valence-corrected chi connectivity index (χ3v) is 4.41. The number of hydrogen-bond donors (Lipinski definition) is 0. The van der Waals surface area contributed by atoms with E-state index in [0.29, 0.717) is 0 Å². The highest BCUT2D eigenvalue weighted by atomic mass is 14.4. The van der Waals surface area contributed by atoms with Crippen molar-refractivity contribution in [2.75, 3.05) is 0 Å². The van der Waals surface area contributed by atoms with E-state index in [1.165, 1.54) is 25.7 Å². The summed E-state index contributed by atoms with van der Waals surface area (Å²) in [5, 5.41) is 0. The predicted molar refractivity (Wildman–Crippen MR) is 68.4 cm³/mol. The zero-order valence-electron chi connectivity index (χ0n) is 10.0. The van der Waals surface area contributed by atoms with Crippen LogP contribution in [0.3, 0.4) is 0 Å². The van der Waals surface area contributed by atoms with Crippen LogP contribution in [0.4, 0.5) is 0 Å². The van der Waals surface area contributed by atoms with Crippen LogP contribution in [0.2, 0.25) is 0 Å². The van der Waals surface area contributed by atoms with E-state index < -0.39 is 0 Å². The molecule has 0 nitrogen and oxygen atoms in total. The summed E-state index contributed by atoms with van der Waals surface area (Å²) >= 11 is 0. The summed E-state index contributed by atoms with van der Waals surface area (Å²) in [6, 6.07) is 11.1. The molecule has 1 fully saturated rings. The van der Waals surface area contributed by atoms with Crippen molar-refractivity contribution < 1.29 is 0 Å². The number of hydrogen-bond acceptors (Lipinski definition) is 0. The summed E-state index contributed by atoms with van der Waals surface area (Å²) in [4.78, 5) is 0. The Hall–Kier alpha value is -1.04. The fourth-order valence-corrected chi connectivity index (χ4v) is 3.72. The Morgan fingerprint density at radius 2 is 1.88 bits per heavy atom. The lowest BCUT2D eigenvalue weighted by atomic mass is 9.72. The normalized spacial score (nSPS) is 33.3. The van der Waals surface area contributed by atoms with E-state index in [1.807, 2.05) is 0 Å². The van der Waals surface area contributed by atoms with Gasteiger partial charge >= 0.3 is 0 Å². The molecule has 1 saturated carbocycles. The fraction of sp³-hybridized carbons (Fsp3) is 0.500. The minimum atomic E-state index is 0.790. The first-order valence-corrected chi connectivity index (χ1v) is 6.57. The van der Waals surface area contributed by atoms with Gasteiger partial charge in [0.2, 0.25) is 0 Å². The van der Waals surface area contributed by atoms with Crippen LogP contribution in [0, 0.1) is 11.8 Å². The van der Waals surface area contributed by atoms with E-state index in [9.17, 15) is 0 Å². The van der Waals surface area contributed by atoms with Crippen molar-refractivity contribution in [2.45, 2.75) is 38.5 Å². The van der Waals surface area contributed by atoms with Crippen LogP contribution < -0.4 is 0 Å². The highest BCUT2D eigenvalue weighted by molar-refractivity contribution is 5.26. The second-order valence-corrected chi connectivity index (χ2v) is 5.49. The van der Waals surface area contributed by atoms with Crippen molar-refractivity contribution in [1.29, 1.82) is 0 Å². The molecule has 3 rings (SSSR count). The lowest BCUT2D eigenvalue weighted by Gasteiger charge is -2.32. The van der Waals surface area contributed by atoms with Crippen LogP contribution in [0.1, 0.15) is 44.1 Å². The minimum absolute atomic E-state index is 0.790. The number of allylic oxidation sites excluding steroid dienone is 2. The van der Waals surface area contributed by atoms with Gasteiger partial charge < -0.3 is 0 Å². The summed E-state index contributed by atoms with van der Waals surface area (Å²) in [6.07, 6.45) is 8.13. The molecule has 0 heteroatoms. The molecule has 0 heterocycles. The first-order valence-electron chi connectivity index (χ1n) is 6.57. The van der Waals surface area contributed by atoms with Gasteiger partial charge in [-0.15, -0.1) is 0 Å². The standard InChI is InChI=1S/C16H20/c1-12-10-14-8-5-9-15(14)16(11-12)13-6-3-2-4-7-13/h2-4,6-7,10,14-16H,5,8-9,11H2,1H3/t14-,15-,16+/m0/s1. The zero-order chi connectivity index (χ0) is 11.0.